The molecule has 3 aromatic carbocycles. The van der Waals surface area contributed by atoms with E-state index in [1.54, 1.807) is 14.1 Å². The summed E-state index contributed by atoms with van der Waals surface area (Å²) in [5.41, 5.74) is 2.71. The van der Waals surface area contributed by atoms with Gasteiger partial charge in [0, 0.05) is 20.5 Å². The largest absolute Gasteiger partial charge is 0.459 e. The van der Waals surface area contributed by atoms with Crippen molar-refractivity contribution in [1.82, 2.24) is 20.9 Å². The molecule has 0 aromatic heterocycles. The molecule has 0 saturated heterocycles. The minimum atomic E-state index is -0.970. The Morgan fingerprint density at radius 2 is 1.16 bits per heavy atom. The van der Waals surface area contributed by atoms with Crippen molar-refractivity contribution in [2.75, 3.05) is 14.1 Å². The van der Waals surface area contributed by atoms with Crippen molar-refractivity contribution in [2.45, 2.75) is 64.3 Å². The first-order valence-corrected chi connectivity index (χ1v) is 15.0. The van der Waals surface area contributed by atoms with Crippen LogP contribution < -0.4 is 16.0 Å². The lowest BCUT2D eigenvalue weighted by atomic mass is 10.00. The predicted octanol–water partition coefficient (Wildman–Crippen LogP) is 4.26. The Bertz CT molecular complexity index is 1330. The number of nitrogens with one attached hydrogen (secondary N) is 3. The van der Waals surface area contributed by atoms with Crippen LogP contribution in [0.25, 0.3) is 0 Å². The van der Waals surface area contributed by atoms with Crippen molar-refractivity contribution in [3.05, 3.63) is 108 Å². The van der Waals surface area contributed by atoms with Crippen LogP contribution in [0, 0.1) is 5.92 Å². The highest BCUT2D eigenvalue weighted by Crippen LogP contribution is 2.12. The summed E-state index contributed by atoms with van der Waals surface area (Å²) in [6.45, 7) is 3.97. The summed E-state index contributed by atoms with van der Waals surface area (Å²) < 4.78 is 5.59. The van der Waals surface area contributed by atoms with Crippen LogP contribution >= 0.6 is 0 Å². The second-order valence-electron chi connectivity index (χ2n) is 11.5. The molecule has 0 saturated carbocycles. The topological polar surface area (TPSA) is 117 Å². The maximum atomic E-state index is 13.7. The number of hydrogen-bond acceptors (Lipinski definition) is 5. The molecule has 0 radical (unpaired) electrons. The minimum absolute atomic E-state index is 0.0581. The van der Waals surface area contributed by atoms with Gasteiger partial charge in [-0.3, -0.25) is 9.59 Å². The molecule has 3 N–H and O–H groups in total. The van der Waals surface area contributed by atoms with E-state index in [9.17, 15) is 19.2 Å². The standard InChI is InChI=1S/C35H44N4O5/c1-25(2)22-30(36-32(40)29(38-35(43)39(3)4)21-20-26-14-8-5-9-15-26)33(41)37-31(23-27-16-10-6-11-17-27)34(42)44-24-28-18-12-7-13-19-28/h5-19,25,29-31H,20-24H2,1-4H3,(H,36,40)(H,37,41)(H,38,43)/t29-,30-,31-/m0/s1. The highest BCUT2D eigenvalue weighted by Gasteiger charge is 2.31. The van der Waals surface area contributed by atoms with E-state index in [4.69, 9.17) is 4.74 Å². The summed E-state index contributed by atoms with van der Waals surface area (Å²) in [4.78, 5) is 54.4. The molecule has 0 heterocycles. The summed E-state index contributed by atoms with van der Waals surface area (Å²) in [5, 5.41) is 8.48. The van der Waals surface area contributed by atoms with Crippen LogP contribution in [-0.4, -0.2) is 60.9 Å². The van der Waals surface area contributed by atoms with Crippen LogP contribution in [0.15, 0.2) is 91.0 Å². The van der Waals surface area contributed by atoms with E-state index in [0.29, 0.717) is 19.3 Å². The first-order chi connectivity index (χ1) is 21.1. The fourth-order valence-corrected chi connectivity index (χ4v) is 4.62. The smallest absolute Gasteiger partial charge is 0.329 e. The monoisotopic (exact) mass is 600 g/mol. The van der Waals surface area contributed by atoms with Crippen molar-refractivity contribution in [1.29, 1.82) is 0 Å². The summed E-state index contributed by atoms with van der Waals surface area (Å²) in [5.74, 6) is -1.48. The Morgan fingerprint density at radius 1 is 0.659 bits per heavy atom. The van der Waals surface area contributed by atoms with Crippen molar-refractivity contribution >= 4 is 23.8 Å². The third-order valence-corrected chi connectivity index (χ3v) is 7.03. The molecule has 234 valence electrons. The lowest BCUT2D eigenvalue weighted by Gasteiger charge is -2.27. The molecule has 3 atom stereocenters. The van der Waals surface area contributed by atoms with E-state index < -0.39 is 41.9 Å². The molecule has 44 heavy (non-hydrogen) atoms. The summed E-state index contributed by atoms with van der Waals surface area (Å²) in [6, 6.07) is 25.2. The molecule has 0 aliphatic rings. The second kappa shape index (κ2) is 17.5. The van der Waals surface area contributed by atoms with Gasteiger partial charge in [-0.1, -0.05) is 105 Å². The number of esters is 1. The fourth-order valence-electron chi connectivity index (χ4n) is 4.62. The van der Waals surface area contributed by atoms with Crippen molar-refractivity contribution < 1.29 is 23.9 Å². The number of carbonyl (C=O) groups is 4. The van der Waals surface area contributed by atoms with Crippen LogP contribution in [-0.2, 0) is 38.6 Å². The van der Waals surface area contributed by atoms with Gasteiger partial charge in [-0.05, 0) is 41.9 Å². The Kier molecular flexibility index (Phi) is 13.4. The molecular formula is C35H44N4O5. The van der Waals surface area contributed by atoms with Crippen LogP contribution in [0.5, 0.6) is 0 Å². The number of urea groups is 1. The minimum Gasteiger partial charge on any atom is -0.459 e. The Labute approximate surface area is 260 Å². The van der Waals surface area contributed by atoms with Gasteiger partial charge < -0.3 is 25.6 Å². The molecule has 0 fully saturated rings. The molecular weight excluding hydrogens is 556 g/mol. The molecule has 0 unspecified atom stereocenters. The molecule has 4 amide bonds. The number of aryl methyl sites for hydroxylation is 1. The van der Waals surface area contributed by atoms with Gasteiger partial charge in [-0.25, -0.2) is 9.59 Å². The molecule has 3 aromatic rings. The van der Waals surface area contributed by atoms with Gasteiger partial charge in [0.25, 0.3) is 0 Å². The van der Waals surface area contributed by atoms with Crippen LogP contribution in [0.2, 0.25) is 0 Å². The van der Waals surface area contributed by atoms with Gasteiger partial charge in [0.2, 0.25) is 11.8 Å². The van der Waals surface area contributed by atoms with Gasteiger partial charge in [0.15, 0.2) is 0 Å². The van der Waals surface area contributed by atoms with E-state index in [0.717, 1.165) is 16.7 Å². The molecule has 0 aliphatic carbocycles. The Balaban J connectivity index is 1.76. The maximum Gasteiger partial charge on any atom is 0.329 e. The number of benzene rings is 3. The number of carbonyl (C=O) groups excluding carboxylic acids is 4. The molecule has 0 aliphatic heterocycles. The Morgan fingerprint density at radius 3 is 1.70 bits per heavy atom. The van der Waals surface area contributed by atoms with Crippen molar-refractivity contribution in [2.24, 2.45) is 5.92 Å². The number of ether oxygens (including phenoxy) is 1. The zero-order valence-electron chi connectivity index (χ0n) is 26.0. The van der Waals surface area contributed by atoms with Crippen LogP contribution in [0.3, 0.4) is 0 Å². The highest BCUT2D eigenvalue weighted by atomic mass is 16.5. The number of amides is 4. The lowest BCUT2D eigenvalue weighted by molar-refractivity contribution is -0.149. The third kappa shape index (κ3) is 11.6. The van der Waals surface area contributed by atoms with E-state index in [1.807, 2.05) is 105 Å². The molecule has 3 rings (SSSR count). The van der Waals surface area contributed by atoms with Crippen LogP contribution in [0.4, 0.5) is 4.79 Å². The van der Waals surface area contributed by atoms with Gasteiger partial charge in [0.05, 0.1) is 0 Å². The van der Waals surface area contributed by atoms with E-state index in [-0.39, 0.29) is 18.9 Å². The Hall–Kier alpha value is -4.66. The molecule has 0 spiro atoms. The molecule has 9 nitrogen and oxygen atoms in total. The summed E-state index contributed by atoms with van der Waals surface area (Å²) in [7, 11) is 3.19. The lowest BCUT2D eigenvalue weighted by Crippen LogP contribution is -2.57. The third-order valence-electron chi connectivity index (χ3n) is 7.03. The maximum absolute atomic E-state index is 13.7. The number of nitrogens with zero attached hydrogens (tertiary/aromatic N) is 1. The quantitative estimate of drug-likeness (QED) is 0.226. The van der Waals surface area contributed by atoms with Crippen molar-refractivity contribution in [3.8, 4) is 0 Å². The SMILES string of the molecule is CC(C)C[C@H](NC(=O)[C@H](CCc1ccccc1)NC(=O)N(C)C)C(=O)N[C@@H](Cc1ccccc1)C(=O)OCc1ccccc1. The van der Waals surface area contributed by atoms with E-state index in [1.165, 1.54) is 4.90 Å². The van der Waals surface area contributed by atoms with Crippen LogP contribution in [0.1, 0.15) is 43.4 Å². The molecule has 0 bridgehead atoms. The number of rotatable bonds is 15. The van der Waals surface area contributed by atoms with Crippen molar-refractivity contribution in [3.63, 3.8) is 0 Å². The van der Waals surface area contributed by atoms with E-state index >= 15 is 0 Å². The van der Waals surface area contributed by atoms with Gasteiger partial charge in [-0.2, -0.15) is 0 Å². The van der Waals surface area contributed by atoms with Gasteiger partial charge in [0.1, 0.15) is 24.7 Å². The van der Waals surface area contributed by atoms with Gasteiger partial charge in [-0.15, -0.1) is 0 Å². The first kappa shape index (κ1) is 33.8. The van der Waals surface area contributed by atoms with Gasteiger partial charge >= 0.3 is 12.0 Å². The summed E-state index contributed by atoms with van der Waals surface area (Å²) in [6.07, 6.45) is 1.46. The summed E-state index contributed by atoms with van der Waals surface area (Å²) >= 11 is 0. The zero-order valence-corrected chi connectivity index (χ0v) is 26.0. The number of hydrogen-bond donors (Lipinski definition) is 3. The predicted molar refractivity (Wildman–Crippen MR) is 170 cm³/mol. The normalized spacial score (nSPS) is 12.8. The second-order valence-corrected chi connectivity index (χ2v) is 11.5. The average molecular weight is 601 g/mol. The van der Waals surface area contributed by atoms with E-state index in [2.05, 4.69) is 16.0 Å². The highest BCUT2D eigenvalue weighted by molar-refractivity contribution is 5.93. The first-order valence-electron chi connectivity index (χ1n) is 15.0. The average Bonchev–Trinajstić information content (AvgIpc) is 3.02. The zero-order chi connectivity index (χ0) is 31.9. The fraction of sp³-hybridized carbons (Fsp3) is 0.371. The molecule has 9 heteroatoms.